The second kappa shape index (κ2) is 9.33. The van der Waals surface area contributed by atoms with Crippen molar-refractivity contribution < 1.29 is 9.53 Å². The molecule has 0 aliphatic carbocycles. The number of halogens is 2. The molecule has 23 heavy (non-hydrogen) atoms. The Bertz CT molecular complexity index is 678. The normalized spacial score (nSPS) is 10.7. The molecule has 0 unspecified atom stereocenters. The van der Waals surface area contributed by atoms with Crippen LogP contribution in [0.3, 0.4) is 0 Å². The van der Waals surface area contributed by atoms with E-state index < -0.39 is 0 Å². The van der Waals surface area contributed by atoms with E-state index >= 15 is 0 Å². The number of nitrogens with one attached hydrogen (secondary N) is 1. The van der Waals surface area contributed by atoms with Crippen LogP contribution in [-0.2, 0) is 11.2 Å². The van der Waals surface area contributed by atoms with Gasteiger partial charge in [0.1, 0.15) is 5.75 Å². The van der Waals surface area contributed by atoms with Crippen molar-refractivity contribution in [1.82, 2.24) is 5.43 Å². The van der Waals surface area contributed by atoms with Crippen LogP contribution in [-0.4, -0.2) is 18.7 Å². The molecule has 0 aliphatic heterocycles. The highest BCUT2D eigenvalue weighted by atomic mass is 79.9. The number of carbonyl (C=O) groups excluding carboxylic acids is 1. The van der Waals surface area contributed by atoms with Crippen LogP contribution in [0.4, 0.5) is 0 Å². The van der Waals surface area contributed by atoms with Gasteiger partial charge in [-0.2, -0.15) is 5.10 Å². The minimum Gasteiger partial charge on any atom is -0.482 e. The molecule has 0 radical (unpaired) electrons. The van der Waals surface area contributed by atoms with Gasteiger partial charge in [-0.15, -0.1) is 0 Å². The molecule has 0 bridgehead atoms. The van der Waals surface area contributed by atoms with Crippen LogP contribution < -0.4 is 10.2 Å². The third-order valence-electron chi connectivity index (χ3n) is 2.94. The fraction of sp³-hybridized carbons (Fsp3) is 0.176. The van der Waals surface area contributed by atoms with E-state index in [-0.39, 0.29) is 12.5 Å². The largest absolute Gasteiger partial charge is 0.482 e. The summed E-state index contributed by atoms with van der Waals surface area (Å²) in [4.78, 5) is 11.6. The molecular weight excluding hydrogens is 380 g/mol. The number of hydrogen-bond acceptors (Lipinski definition) is 3. The van der Waals surface area contributed by atoms with Gasteiger partial charge in [0.25, 0.3) is 5.91 Å². The molecule has 0 aromatic heterocycles. The van der Waals surface area contributed by atoms with Crippen molar-refractivity contribution >= 4 is 39.7 Å². The van der Waals surface area contributed by atoms with E-state index in [4.69, 9.17) is 16.3 Å². The average molecular weight is 396 g/mol. The van der Waals surface area contributed by atoms with E-state index in [0.717, 1.165) is 17.3 Å². The summed E-state index contributed by atoms with van der Waals surface area (Å²) < 4.78 is 6.19. The predicted octanol–water partition coefficient (Wildman–Crippen LogP) is 4.22. The molecule has 0 atom stereocenters. The zero-order valence-electron chi connectivity index (χ0n) is 12.3. The Labute approximate surface area is 148 Å². The molecule has 6 heteroatoms. The van der Waals surface area contributed by atoms with Gasteiger partial charge in [0, 0.05) is 10.7 Å². The van der Waals surface area contributed by atoms with Gasteiger partial charge < -0.3 is 4.74 Å². The fourth-order valence-corrected chi connectivity index (χ4v) is 2.55. The first-order chi connectivity index (χ1) is 11.1. The third kappa shape index (κ3) is 6.42. The highest BCUT2D eigenvalue weighted by Crippen LogP contribution is 2.27. The summed E-state index contributed by atoms with van der Waals surface area (Å²) in [6.45, 7) is -0.141. The molecule has 0 aliphatic rings. The Hall–Kier alpha value is -1.85. The predicted molar refractivity (Wildman–Crippen MR) is 96.0 cm³/mol. The van der Waals surface area contributed by atoms with Crippen molar-refractivity contribution in [3.8, 4) is 5.75 Å². The summed E-state index contributed by atoms with van der Waals surface area (Å²) in [5.41, 5.74) is 3.66. The minimum absolute atomic E-state index is 0.141. The molecule has 1 amide bonds. The van der Waals surface area contributed by atoms with Gasteiger partial charge in [-0.25, -0.2) is 5.43 Å². The van der Waals surface area contributed by atoms with E-state index in [9.17, 15) is 4.79 Å². The molecule has 0 saturated carbocycles. The van der Waals surface area contributed by atoms with Gasteiger partial charge in [0.2, 0.25) is 0 Å². The Kier molecular flexibility index (Phi) is 7.10. The third-order valence-corrected chi connectivity index (χ3v) is 3.73. The van der Waals surface area contributed by atoms with Crippen LogP contribution >= 0.6 is 27.5 Å². The first kappa shape index (κ1) is 17.5. The van der Waals surface area contributed by atoms with E-state index in [1.165, 1.54) is 5.56 Å². The van der Waals surface area contributed by atoms with Gasteiger partial charge in [-0.05, 0) is 36.6 Å². The van der Waals surface area contributed by atoms with Crippen molar-refractivity contribution in [2.45, 2.75) is 12.8 Å². The first-order valence-electron chi connectivity index (χ1n) is 7.07. The maximum Gasteiger partial charge on any atom is 0.277 e. The van der Waals surface area contributed by atoms with Crippen molar-refractivity contribution in [2.24, 2.45) is 5.10 Å². The van der Waals surface area contributed by atoms with Crippen LogP contribution in [0.15, 0.2) is 58.1 Å². The van der Waals surface area contributed by atoms with Crippen molar-refractivity contribution in [3.63, 3.8) is 0 Å². The van der Waals surface area contributed by atoms with Crippen LogP contribution in [0.1, 0.15) is 12.0 Å². The molecule has 0 spiro atoms. The quantitative estimate of drug-likeness (QED) is 0.564. The standard InChI is InChI=1S/C17H16BrClN2O2/c18-14-8-9-16(15(19)11-14)23-12-17(22)21-20-10-4-7-13-5-2-1-3-6-13/h1-3,5-6,8-11H,4,7,12H2,(H,21,22). The Morgan fingerprint density at radius 2 is 2.04 bits per heavy atom. The molecule has 2 aromatic carbocycles. The number of aryl methyl sites for hydroxylation is 1. The summed E-state index contributed by atoms with van der Waals surface area (Å²) in [5.74, 6) is 0.123. The highest BCUT2D eigenvalue weighted by Gasteiger charge is 2.05. The maximum atomic E-state index is 11.6. The lowest BCUT2D eigenvalue weighted by molar-refractivity contribution is -0.123. The second-order valence-corrected chi connectivity index (χ2v) is 6.06. The number of hydrogen-bond donors (Lipinski definition) is 1. The first-order valence-corrected chi connectivity index (χ1v) is 8.24. The van der Waals surface area contributed by atoms with Crippen molar-refractivity contribution in [2.75, 3.05) is 6.61 Å². The van der Waals surface area contributed by atoms with Crippen molar-refractivity contribution in [1.29, 1.82) is 0 Å². The molecule has 1 N–H and O–H groups in total. The molecule has 2 rings (SSSR count). The summed E-state index contributed by atoms with van der Waals surface area (Å²) >= 11 is 9.30. The smallest absolute Gasteiger partial charge is 0.277 e. The molecule has 120 valence electrons. The number of rotatable bonds is 7. The molecule has 2 aromatic rings. The van der Waals surface area contributed by atoms with Crippen LogP contribution in [0.25, 0.3) is 0 Å². The monoisotopic (exact) mass is 394 g/mol. The van der Waals surface area contributed by atoms with E-state index in [2.05, 4.69) is 38.6 Å². The summed E-state index contributed by atoms with van der Waals surface area (Å²) in [7, 11) is 0. The number of hydrazone groups is 1. The summed E-state index contributed by atoms with van der Waals surface area (Å²) in [6, 6.07) is 15.3. The minimum atomic E-state index is -0.333. The highest BCUT2D eigenvalue weighted by molar-refractivity contribution is 9.10. The fourth-order valence-electron chi connectivity index (χ4n) is 1.83. The maximum absolute atomic E-state index is 11.6. The van der Waals surface area contributed by atoms with Crippen LogP contribution in [0.5, 0.6) is 5.75 Å². The lowest BCUT2D eigenvalue weighted by atomic mass is 10.1. The van der Waals surface area contributed by atoms with Gasteiger partial charge in [-0.3, -0.25) is 4.79 Å². The number of ether oxygens (including phenoxy) is 1. The summed E-state index contributed by atoms with van der Waals surface area (Å²) in [5, 5.41) is 4.33. The van der Waals surface area contributed by atoms with Crippen LogP contribution in [0, 0.1) is 0 Å². The zero-order valence-corrected chi connectivity index (χ0v) is 14.7. The number of carbonyl (C=O) groups is 1. The molecule has 0 fully saturated rings. The van der Waals surface area contributed by atoms with Gasteiger partial charge in [-0.1, -0.05) is 57.9 Å². The zero-order chi connectivity index (χ0) is 16.5. The molecule has 0 saturated heterocycles. The van der Waals surface area contributed by atoms with E-state index in [1.807, 2.05) is 18.2 Å². The average Bonchev–Trinajstić information content (AvgIpc) is 2.54. The van der Waals surface area contributed by atoms with Crippen LogP contribution in [0.2, 0.25) is 5.02 Å². The van der Waals surface area contributed by atoms with Gasteiger partial charge in [0.05, 0.1) is 5.02 Å². The Morgan fingerprint density at radius 3 is 2.78 bits per heavy atom. The SMILES string of the molecule is O=C(COc1ccc(Br)cc1Cl)NN=CCCc1ccccc1. The lowest BCUT2D eigenvalue weighted by Gasteiger charge is -2.07. The van der Waals surface area contributed by atoms with E-state index in [1.54, 1.807) is 24.4 Å². The molecule has 0 heterocycles. The van der Waals surface area contributed by atoms with E-state index in [0.29, 0.717) is 10.8 Å². The Morgan fingerprint density at radius 1 is 1.26 bits per heavy atom. The molecular formula is C17H16BrClN2O2. The van der Waals surface area contributed by atoms with Gasteiger partial charge in [0.15, 0.2) is 6.61 Å². The summed E-state index contributed by atoms with van der Waals surface area (Å²) in [6.07, 6.45) is 3.31. The second-order valence-electron chi connectivity index (χ2n) is 4.73. The lowest BCUT2D eigenvalue weighted by Crippen LogP contribution is -2.24. The van der Waals surface area contributed by atoms with Gasteiger partial charge >= 0.3 is 0 Å². The topological polar surface area (TPSA) is 50.7 Å². The Balaban J connectivity index is 1.67. The number of nitrogens with zero attached hydrogens (tertiary/aromatic N) is 1. The number of amides is 1. The van der Waals surface area contributed by atoms with Crippen molar-refractivity contribution in [3.05, 3.63) is 63.6 Å². The number of benzene rings is 2. The molecule has 4 nitrogen and oxygen atoms in total.